The number of rotatable bonds is 3. The van der Waals surface area contributed by atoms with Crippen molar-refractivity contribution in [3.8, 4) is 0 Å². The average Bonchev–Trinajstić information content (AvgIpc) is 2.80. The Labute approximate surface area is 125 Å². The molecule has 21 heavy (non-hydrogen) atoms. The van der Waals surface area contributed by atoms with E-state index in [0.29, 0.717) is 0 Å². The molecule has 5 heteroatoms. The predicted octanol–water partition coefficient (Wildman–Crippen LogP) is 0.663. The van der Waals surface area contributed by atoms with Gasteiger partial charge in [0.2, 0.25) is 0 Å². The van der Waals surface area contributed by atoms with Gasteiger partial charge in [-0.15, -0.1) is 0 Å². The second-order valence-corrected chi connectivity index (χ2v) is 6.22. The van der Waals surface area contributed by atoms with Crippen LogP contribution in [0.4, 0.5) is 0 Å². The van der Waals surface area contributed by atoms with Gasteiger partial charge in [-0.3, -0.25) is 14.5 Å². The van der Waals surface area contributed by atoms with Gasteiger partial charge in [-0.25, -0.2) is 0 Å². The molecule has 0 unspecified atom stereocenters. The molecule has 2 aliphatic heterocycles. The van der Waals surface area contributed by atoms with Crippen molar-refractivity contribution in [3.05, 3.63) is 30.0 Å². The van der Waals surface area contributed by atoms with Gasteiger partial charge in [0.25, 0.3) is 0 Å². The third-order valence-electron chi connectivity index (χ3n) is 4.81. The number of piperazine rings is 1. The van der Waals surface area contributed by atoms with Crippen molar-refractivity contribution in [2.75, 3.05) is 39.3 Å². The predicted molar refractivity (Wildman–Crippen MR) is 84.2 cm³/mol. The summed E-state index contributed by atoms with van der Waals surface area (Å²) in [6.07, 6.45) is 0. The molecular weight excluding hydrogens is 262 g/mol. The molecule has 2 aromatic rings. The van der Waals surface area contributed by atoms with Gasteiger partial charge >= 0.3 is 0 Å². The molecule has 0 spiro atoms. The van der Waals surface area contributed by atoms with E-state index in [0.717, 1.165) is 25.7 Å². The Kier molecular flexibility index (Phi) is 3.41. The van der Waals surface area contributed by atoms with Crippen LogP contribution in [0.1, 0.15) is 5.69 Å². The minimum atomic E-state index is 0.752. The maximum atomic E-state index is 4.70. The number of para-hydroxylation sites is 1. The number of aryl methyl sites for hydroxylation is 1. The number of likely N-dealkylation sites (tertiary alicyclic amines) is 1. The highest BCUT2D eigenvalue weighted by Gasteiger charge is 2.32. The number of hydrogen-bond donors (Lipinski definition) is 1. The molecule has 2 fully saturated rings. The zero-order valence-corrected chi connectivity index (χ0v) is 12.6. The summed E-state index contributed by atoms with van der Waals surface area (Å²) >= 11 is 0. The average molecular weight is 285 g/mol. The van der Waals surface area contributed by atoms with Crippen molar-refractivity contribution in [1.29, 1.82) is 0 Å². The third-order valence-corrected chi connectivity index (χ3v) is 4.81. The largest absolute Gasteiger partial charge is 0.314 e. The summed E-state index contributed by atoms with van der Waals surface area (Å²) < 4.78 is 2.00. The van der Waals surface area contributed by atoms with Crippen molar-refractivity contribution >= 4 is 10.9 Å². The maximum Gasteiger partial charge on any atom is 0.0843 e. The lowest BCUT2D eigenvalue weighted by Crippen LogP contribution is -2.62. The quantitative estimate of drug-likeness (QED) is 0.899. The van der Waals surface area contributed by atoms with E-state index < -0.39 is 0 Å². The molecule has 4 rings (SSSR count). The highest BCUT2D eigenvalue weighted by molar-refractivity contribution is 5.81. The van der Waals surface area contributed by atoms with Crippen LogP contribution < -0.4 is 5.32 Å². The smallest absolute Gasteiger partial charge is 0.0843 e. The zero-order chi connectivity index (χ0) is 14.2. The maximum absolute atomic E-state index is 4.70. The van der Waals surface area contributed by atoms with Gasteiger partial charge in [0, 0.05) is 64.3 Å². The van der Waals surface area contributed by atoms with Gasteiger partial charge in [-0.2, -0.15) is 5.10 Å². The Balaban J connectivity index is 1.41. The molecule has 3 heterocycles. The molecule has 1 N–H and O–H groups in total. The Morgan fingerprint density at radius 2 is 1.95 bits per heavy atom. The van der Waals surface area contributed by atoms with E-state index in [1.165, 1.54) is 42.8 Å². The monoisotopic (exact) mass is 285 g/mol. The van der Waals surface area contributed by atoms with Crippen molar-refractivity contribution in [1.82, 2.24) is 24.9 Å². The lowest BCUT2D eigenvalue weighted by atomic mass is 10.1. The first-order valence-electron chi connectivity index (χ1n) is 7.89. The third kappa shape index (κ3) is 2.46. The summed E-state index contributed by atoms with van der Waals surface area (Å²) in [4.78, 5) is 5.14. The Morgan fingerprint density at radius 3 is 2.76 bits per heavy atom. The minimum absolute atomic E-state index is 0.752. The van der Waals surface area contributed by atoms with Crippen LogP contribution in [-0.4, -0.2) is 64.9 Å². The van der Waals surface area contributed by atoms with Gasteiger partial charge in [0.05, 0.1) is 11.2 Å². The fourth-order valence-electron chi connectivity index (χ4n) is 3.57. The first-order chi connectivity index (χ1) is 10.3. The van der Waals surface area contributed by atoms with Crippen LogP contribution in [0.25, 0.3) is 10.9 Å². The van der Waals surface area contributed by atoms with Crippen molar-refractivity contribution in [3.63, 3.8) is 0 Å². The summed E-state index contributed by atoms with van der Waals surface area (Å²) in [5.41, 5.74) is 2.44. The van der Waals surface area contributed by atoms with Crippen molar-refractivity contribution < 1.29 is 0 Å². The molecule has 112 valence electrons. The first kappa shape index (κ1) is 13.2. The van der Waals surface area contributed by atoms with E-state index in [4.69, 9.17) is 5.10 Å². The first-order valence-corrected chi connectivity index (χ1v) is 7.89. The van der Waals surface area contributed by atoms with Crippen LogP contribution in [0.2, 0.25) is 0 Å². The van der Waals surface area contributed by atoms with E-state index in [-0.39, 0.29) is 0 Å². The number of hydrogen-bond acceptors (Lipinski definition) is 4. The van der Waals surface area contributed by atoms with Crippen LogP contribution in [0.3, 0.4) is 0 Å². The molecule has 0 atom stereocenters. The standard InChI is InChI=1S/C16H23N5/c1-19-16-5-3-2-4-14(16)15(18-19)12-20-10-13(11-20)21-8-6-17-7-9-21/h2-5,13,17H,6-12H2,1H3. The number of fused-ring (bicyclic) bond motifs is 1. The summed E-state index contributed by atoms with van der Waals surface area (Å²) in [7, 11) is 2.03. The molecule has 0 bridgehead atoms. The van der Waals surface area contributed by atoms with E-state index in [2.05, 4.69) is 39.4 Å². The van der Waals surface area contributed by atoms with Crippen LogP contribution in [0.15, 0.2) is 24.3 Å². The summed E-state index contributed by atoms with van der Waals surface area (Å²) in [6, 6.07) is 9.27. The van der Waals surface area contributed by atoms with Crippen molar-refractivity contribution in [2.24, 2.45) is 7.05 Å². The SMILES string of the molecule is Cn1nc(CN2CC(N3CCNCC3)C2)c2ccccc21. The summed E-state index contributed by atoms with van der Waals surface area (Å²) in [6.45, 7) is 8.03. The topological polar surface area (TPSA) is 36.3 Å². The van der Waals surface area contributed by atoms with Gasteiger partial charge < -0.3 is 5.32 Å². The number of nitrogens with one attached hydrogen (secondary N) is 1. The zero-order valence-electron chi connectivity index (χ0n) is 12.6. The second-order valence-electron chi connectivity index (χ2n) is 6.22. The molecule has 5 nitrogen and oxygen atoms in total. The number of aromatic nitrogens is 2. The molecule has 0 radical (unpaired) electrons. The van der Waals surface area contributed by atoms with Gasteiger partial charge in [0.15, 0.2) is 0 Å². The van der Waals surface area contributed by atoms with Gasteiger partial charge in [-0.1, -0.05) is 18.2 Å². The highest BCUT2D eigenvalue weighted by atomic mass is 15.3. The van der Waals surface area contributed by atoms with Gasteiger partial charge in [0.1, 0.15) is 0 Å². The van der Waals surface area contributed by atoms with Crippen molar-refractivity contribution in [2.45, 2.75) is 12.6 Å². The second kappa shape index (κ2) is 5.40. The highest BCUT2D eigenvalue weighted by Crippen LogP contribution is 2.22. The van der Waals surface area contributed by atoms with Crippen LogP contribution in [0, 0.1) is 0 Å². The Morgan fingerprint density at radius 1 is 1.19 bits per heavy atom. The molecular formula is C16H23N5. The molecule has 0 saturated carbocycles. The minimum Gasteiger partial charge on any atom is -0.314 e. The molecule has 2 saturated heterocycles. The summed E-state index contributed by atoms with van der Waals surface area (Å²) in [5, 5.41) is 9.42. The normalized spacial score (nSPS) is 21.8. The molecule has 0 aliphatic carbocycles. The Bertz CT molecular complexity index is 623. The molecule has 2 aliphatic rings. The van der Waals surface area contributed by atoms with Crippen LogP contribution >= 0.6 is 0 Å². The lowest BCUT2D eigenvalue weighted by Gasteiger charge is -2.46. The van der Waals surface area contributed by atoms with E-state index >= 15 is 0 Å². The molecule has 1 aromatic heterocycles. The molecule has 1 aromatic carbocycles. The molecule has 0 amide bonds. The van der Waals surface area contributed by atoms with Gasteiger partial charge in [-0.05, 0) is 6.07 Å². The number of nitrogens with zero attached hydrogens (tertiary/aromatic N) is 4. The van der Waals surface area contributed by atoms with E-state index in [1.54, 1.807) is 0 Å². The van der Waals surface area contributed by atoms with E-state index in [9.17, 15) is 0 Å². The van der Waals surface area contributed by atoms with Crippen LogP contribution in [-0.2, 0) is 13.6 Å². The Hall–Kier alpha value is -1.43. The van der Waals surface area contributed by atoms with Crippen LogP contribution in [0.5, 0.6) is 0 Å². The lowest BCUT2D eigenvalue weighted by molar-refractivity contribution is 0.0217. The van der Waals surface area contributed by atoms with E-state index in [1.807, 2.05) is 11.7 Å². The number of benzene rings is 1. The fraction of sp³-hybridized carbons (Fsp3) is 0.562. The fourth-order valence-corrected chi connectivity index (χ4v) is 3.57. The summed E-state index contributed by atoms with van der Waals surface area (Å²) in [5.74, 6) is 0.